The molecule has 2 aromatic heterocycles. The first-order valence-corrected chi connectivity index (χ1v) is 9.20. The Morgan fingerprint density at radius 3 is 3.00 bits per heavy atom. The molecule has 3 aromatic rings. The monoisotopic (exact) mass is 385 g/mol. The minimum absolute atomic E-state index is 0.347. The molecule has 1 aromatic carbocycles. The Kier molecular flexibility index (Phi) is 4.83. The molecule has 3 heterocycles. The molecule has 0 atom stereocenters. The van der Waals surface area contributed by atoms with Crippen LogP contribution in [-0.4, -0.2) is 22.7 Å². The van der Waals surface area contributed by atoms with E-state index in [1.165, 1.54) is 29.6 Å². The molecule has 0 bridgehead atoms. The fraction of sp³-hybridized carbons (Fsp3) is 0.211. The van der Waals surface area contributed by atoms with Crippen LogP contribution < -0.4 is 5.32 Å². The third kappa shape index (κ3) is 3.67. The first-order valence-electron chi connectivity index (χ1n) is 8.38. The molecule has 4 rings (SSSR count). The summed E-state index contributed by atoms with van der Waals surface area (Å²) in [4.78, 5) is 17.7. The predicted octanol–water partition coefficient (Wildman–Crippen LogP) is 3.97. The average molecular weight is 385 g/mol. The van der Waals surface area contributed by atoms with E-state index in [2.05, 4.69) is 15.5 Å². The SMILES string of the molecule is Cc1noc(-c2c(NC(=O)/C=C/c3ccccc3F)sc3c2CCOC3)n1. The van der Waals surface area contributed by atoms with E-state index in [0.717, 1.165) is 16.0 Å². The van der Waals surface area contributed by atoms with Crippen molar-refractivity contribution in [2.24, 2.45) is 0 Å². The number of ether oxygens (including phenoxy) is 1. The summed E-state index contributed by atoms with van der Waals surface area (Å²) in [5.74, 6) is 0.150. The Morgan fingerprint density at radius 1 is 1.37 bits per heavy atom. The van der Waals surface area contributed by atoms with Crippen molar-refractivity contribution in [3.8, 4) is 11.5 Å². The third-order valence-electron chi connectivity index (χ3n) is 4.12. The minimum atomic E-state index is -0.382. The molecule has 8 heteroatoms. The standard InChI is InChI=1S/C19H16FN3O3S/c1-11-21-18(26-23-11)17-13-8-9-25-10-15(13)27-19(17)22-16(24)7-6-12-4-2-3-5-14(12)20/h2-7H,8-10H2,1H3,(H,22,24)/b7-6+. The smallest absolute Gasteiger partial charge is 0.261 e. The van der Waals surface area contributed by atoms with Crippen LogP contribution in [0.25, 0.3) is 17.5 Å². The summed E-state index contributed by atoms with van der Waals surface area (Å²) in [7, 11) is 0. The van der Waals surface area contributed by atoms with Crippen LogP contribution in [0.15, 0.2) is 34.9 Å². The second-order valence-corrected chi connectivity index (χ2v) is 7.11. The van der Waals surface area contributed by atoms with E-state index < -0.39 is 0 Å². The van der Waals surface area contributed by atoms with Gasteiger partial charge in [0.25, 0.3) is 5.89 Å². The van der Waals surface area contributed by atoms with Gasteiger partial charge in [0, 0.05) is 16.5 Å². The van der Waals surface area contributed by atoms with Gasteiger partial charge in [-0.2, -0.15) is 4.98 Å². The topological polar surface area (TPSA) is 77.2 Å². The summed E-state index contributed by atoms with van der Waals surface area (Å²) < 4.78 is 24.5. The van der Waals surface area contributed by atoms with Crippen molar-refractivity contribution in [3.05, 3.63) is 58.0 Å². The average Bonchev–Trinajstić information content (AvgIpc) is 3.23. The molecule has 1 amide bonds. The van der Waals surface area contributed by atoms with Gasteiger partial charge in [-0.3, -0.25) is 4.79 Å². The fourth-order valence-corrected chi connectivity index (χ4v) is 4.05. The van der Waals surface area contributed by atoms with Gasteiger partial charge in [0.2, 0.25) is 5.91 Å². The Labute approximate surface area is 158 Å². The molecule has 0 saturated heterocycles. The van der Waals surface area contributed by atoms with Crippen LogP contribution in [0.4, 0.5) is 9.39 Å². The highest BCUT2D eigenvalue weighted by molar-refractivity contribution is 7.17. The van der Waals surface area contributed by atoms with E-state index >= 15 is 0 Å². The van der Waals surface area contributed by atoms with Gasteiger partial charge in [-0.1, -0.05) is 23.4 Å². The number of hydrogen-bond donors (Lipinski definition) is 1. The predicted molar refractivity (Wildman–Crippen MR) is 99.8 cm³/mol. The number of carbonyl (C=O) groups is 1. The van der Waals surface area contributed by atoms with E-state index in [1.807, 2.05) is 0 Å². The zero-order valence-electron chi connectivity index (χ0n) is 14.5. The van der Waals surface area contributed by atoms with Crippen LogP contribution in [0.3, 0.4) is 0 Å². The first-order chi connectivity index (χ1) is 13.1. The molecular formula is C19H16FN3O3S. The van der Waals surface area contributed by atoms with E-state index in [4.69, 9.17) is 9.26 Å². The molecule has 0 spiro atoms. The number of fused-ring (bicyclic) bond motifs is 1. The quantitative estimate of drug-likeness (QED) is 0.688. The van der Waals surface area contributed by atoms with Gasteiger partial charge in [0.15, 0.2) is 5.82 Å². The van der Waals surface area contributed by atoms with Crippen molar-refractivity contribution in [1.82, 2.24) is 10.1 Å². The summed E-state index contributed by atoms with van der Waals surface area (Å²) in [6.45, 7) is 2.83. The summed E-state index contributed by atoms with van der Waals surface area (Å²) in [5.41, 5.74) is 2.15. The maximum atomic E-state index is 13.7. The van der Waals surface area contributed by atoms with Gasteiger partial charge in [-0.05, 0) is 31.1 Å². The molecule has 138 valence electrons. The zero-order valence-corrected chi connectivity index (χ0v) is 15.3. The number of anilines is 1. The molecule has 0 radical (unpaired) electrons. The lowest BCUT2D eigenvalue weighted by atomic mass is 10.1. The second-order valence-electron chi connectivity index (χ2n) is 6.00. The first kappa shape index (κ1) is 17.6. The molecule has 6 nitrogen and oxygen atoms in total. The van der Waals surface area contributed by atoms with E-state index in [1.54, 1.807) is 25.1 Å². The number of halogens is 1. The van der Waals surface area contributed by atoms with Gasteiger partial charge >= 0.3 is 0 Å². The number of amides is 1. The number of nitrogens with one attached hydrogen (secondary N) is 1. The van der Waals surface area contributed by atoms with Crippen molar-refractivity contribution in [2.75, 3.05) is 11.9 Å². The van der Waals surface area contributed by atoms with Gasteiger partial charge in [-0.25, -0.2) is 4.39 Å². The molecule has 0 fully saturated rings. The second kappa shape index (κ2) is 7.42. The Balaban J connectivity index is 1.63. The van der Waals surface area contributed by atoms with Crippen LogP contribution in [0.2, 0.25) is 0 Å². The molecule has 1 N–H and O–H groups in total. The molecule has 0 aliphatic carbocycles. The molecule has 0 unspecified atom stereocenters. The lowest BCUT2D eigenvalue weighted by Gasteiger charge is -2.12. The highest BCUT2D eigenvalue weighted by Gasteiger charge is 2.26. The molecule has 0 saturated carbocycles. The lowest BCUT2D eigenvalue weighted by molar-refractivity contribution is -0.111. The van der Waals surface area contributed by atoms with E-state index in [0.29, 0.717) is 41.9 Å². The Morgan fingerprint density at radius 2 is 2.22 bits per heavy atom. The van der Waals surface area contributed by atoms with Gasteiger partial charge in [0.1, 0.15) is 10.8 Å². The third-order valence-corrected chi connectivity index (χ3v) is 5.24. The lowest BCUT2D eigenvalue weighted by Crippen LogP contribution is -2.09. The van der Waals surface area contributed by atoms with Crippen LogP contribution in [-0.2, 0) is 22.6 Å². The van der Waals surface area contributed by atoms with Gasteiger partial charge < -0.3 is 14.6 Å². The number of hydrogen-bond acceptors (Lipinski definition) is 6. The number of rotatable bonds is 4. The van der Waals surface area contributed by atoms with Crippen LogP contribution in [0.1, 0.15) is 21.8 Å². The normalized spacial score (nSPS) is 13.7. The number of nitrogens with zero attached hydrogens (tertiary/aromatic N) is 2. The maximum absolute atomic E-state index is 13.7. The minimum Gasteiger partial charge on any atom is -0.376 e. The highest BCUT2D eigenvalue weighted by atomic mass is 32.1. The molecule has 27 heavy (non-hydrogen) atoms. The van der Waals surface area contributed by atoms with Crippen LogP contribution in [0.5, 0.6) is 0 Å². The fourth-order valence-electron chi connectivity index (χ4n) is 2.87. The van der Waals surface area contributed by atoms with Crippen LogP contribution in [0, 0.1) is 12.7 Å². The summed E-state index contributed by atoms with van der Waals surface area (Å²) in [5, 5.41) is 7.32. The van der Waals surface area contributed by atoms with Gasteiger partial charge in [0.05, 0.1) is 18.8 Å². The van der Waals surface area contributed by atoms with Crippen molar-refractivity contribution in [3.63, 3.8) is 0 Å². The number of carbonyl (C=O) groups excluding carboxylic acids is 1. The summed E-state index contributed by atoms with van der Waals surface area (Å²) >= 11 is 1.43. The van der Waals surface area contributed by atoms with Crippen LogP contribution >= 0.6 is 11.3 Å². The number of thiophene rings is 1. The van der Waals surface area contributed by atoms with E-state index in [-0.39, 0.29) is 11.7 Å². The summed E-state index contributed by atoms with van der Waals surface area (Å²) in [6, 6.07) is 6.27. The van der Waals surface area contributed by atoms with Crippen molar-refractivity contribution in [2.45, 2.75) is 20.0 Å². The summed E-state index contributed by atoms with van der Waals surface area (Å²) in [6.07, 6.45) is 3.46. The molecule has 1 aliphatic heterocycles. The van der Waals surface area contributed by atoms with E-state index in [9.17, 15) is 9.18 Å². The Hall–Kier alpha value is -2.84. The highest BCUT2D eigenvalue weighted by Crippen LogP contribution is 2.42. The Bertz CT molecular complexity index is 1030. The molecule has 1 aliphatic rings. The van der Waals surface area contributed by atoms with Crippen molar-refractivity contribution in [1.29, 1.82) is 0 Å². The van der Waals surface area contributed by atoms with Crippen molar-refractivity contribution >= 4 is 28.3 Å². The number of aryl methyl sites for hydroxylation is 1. The number of aromatic nitrogens is 2. The zero-order chi connectivity index (χ0) is 18.8. The maximum Gasteiger partial charge on any atom is 0.261 e. The van der Waals surface area contributed by atoms with Crippen molar-refractivity contribution < 1.29 is 18.4 Å². The molecular weight excluding hydrogens is 369 g/mol. The van der Waals surface area contributed by atoms with Gasteiger partial charge in [-0.15, -0.1) is 11.3 Å². The number of benzene rings is 1. The largest absolute Gasteiger partial charge is 0.376 e.